The third-order valence-corrected chi connectivity index (χ3v) is 4.25. The summed E-state index contributed by atoms with van der Waals surface area (Å²) in [6.45, 7) is 6.31. The zero-order valence-corrected chi connectivity index (χ0v) is 11.8. The molecule has 1 aromatic rings. The van der Waals surface area contributed by atoms with Crippen molar-refractivity contribution in [3.8, 4) is 0 Å². The Balaban J connectivity index is 1.50. The second-order valence-electron chi connectivity index (χ2n) is 5.85. The molecule has 2 aliphatic heterocycles. The van der Waals surface area contributed by atoms with E-state index in [1.165, 1.54) is 6.42 Å². The van der Waals surface area contributed by atoms with Crippen LogP contribution in [0.1, 0.15) is 37.8 Å². The van der Waals surface area contributed by atoms with E-state index < -0.39 is 0 Å². The number of piperidine rings is 1. The summed E-state index contributed by atoms with van der Waals surface area (Å²) in [5, 5.41) is 12.0. The molecule has 106 valence electrons. The standard InChI is InChI=1S/C14H24N4O/c1-11-4-8-18-13(16-17-14(18)10-11)5-9-19-12-2-6-15-7-3-12/h11-12,15H,2-10H2,1H3. The van der Waals surface area contributed by atoms with Crippen LogP contribution in [-0.4, -0.2) is 40.6 Å². The molecule has 3 rings (SSSR count). The topological polar surface area (TPSA) is 52.0 Å². The van der Waals surface area contributed by atoms with Crippen molar-refractivity contribution in [2.24, 2.45) is 5.92 Å². The van der Waals surface area contributed by atoms with E-state index in [1.54, 1.807) is 0 Å². The lowest BCUT2D eigenvalue weighted by atomic mass is 10.0. The zero-order valence-electron chi connectivity index (χ0n) is 11.8. The number of nitrogens with one attached hydrogen (secondary N) is 1. The Morgan fingerprint density at radius 3 is 2.95 bits per heavy atom. The van der Waals surface area contributed by atoms with Gasteiger partial charge in [0.05, 0.1) is 12.7 Å². The van der Waals surface area contributed by atoms with Crippen LogP contribution in [-0.2, 0) is 24.1 Å². The molecule has 1 saturated heterocycles. The number of fused-ring (bicyclic) bond motifs is 1. The van der Waals surface area contributed by atoms with Crippen LogP contribution >= 0.6 is 0 Å². The molecule has 1 N–H and O–H groups in total. The Hall–Kier alpha value is -0.940. The minimum atomic E-state index is 0.435. The van der Waals surface area contributed by atoms with Crippen molar-refractivity contribution < 1.29 is 4.74 Å². The first-order valence-corrected chi connectivity index (χ1v) is 7.56. The molecule has 0 aliphatic carbocycles. The van der Waals surface area contributed by atoms with Crippen LogP contribution in [0.2, 0.25) is 0 Å². The third-order valence-electron chi connectivity index (χ3n) is 4.25. The molecule has 1 unspecified atom stereocenters. The molecule has 2 aliphatic rings. The van der Waals surface area contributed by atoms with Gasteiger partial charge in [0.25, 0.3) is 0 Å². The maximum Gasteiger partial charge on any atom is 0.135 e. The Bertz CT molecular complexity index is 412. The van der Waals surface area contributed by atoms with Crippen LogP contribution in [0.15, 0.2) is 0 Å². The first kappa shape index (κ1) is 13.1. The normalized spacial score (nSPS) is 24.4. The predicted octanol–water partition coefficient (Wildman–Crippen LogP) is 1.17. The average Bonchev–Trinajstić information content (AvgIpc) is 2.82. The number of hydrogen-bond donors (Lipinski definition) is 1. The molecule has 0 aromatic carbocycles. The summed E-state index contributed by atoms with van der Waals surface area (Å²) in [7, 11) is 0. The second-order valence-corrected chi connectivity index (χ2v) is 5.85. The van der Waals surface area contributed by atoms with E-state index in [0.29, 0.717) is 6.10 Å². The summed E-state index contributed by atoms with van der Waals surface area (Å²) >= 11 is 0. The molecule has 1 atom stereocenters. The first-order valence-electron chi connectivity index (χ1n) is 7.56. The number of nitrogens with zero attached hydrogens (tertiary/aromatic N) is 3. The maximum atomic E-state index is 5.95. The fraction of sp³-hybridized carbons (Fsp3) is 0.857. The van der Waals surface area contributed by atoms with Gasteiger partial charge in [-0.2, -0.15) is 0 Å². The molecule has 0 saturated carbocycles. The largest absolute Gasteiger partial charge is 0.378 e. The van der Waals surface area contributed by atoms with Gasteiger partial charge in [0, 0.05) is 19.4 Å². The molecular formula is C14H24N4O. The van der Waals surface area contributed by atoms with Crippen LogP contribution in [0.5, 0.6) is 0 Å². The number of aromatic nitrogens is 3. The van der Waals surface area contributed by atoms with E-state index in [-0.39, 0.29) is 0 Å². The predicted molar refractivity (Wildman–Crippen MR) is 73.1 cm³/mol. The molecule has 5 heteroatoms. The maximum absolute atomic E-state index is 5.95. The van der Waals surface area contributed by atoms with Crippen molar-refractivity contribution in [1.82, 2.24) is 20.1 Å². The minimum Gasteiger partial charge on any atom is -0.378 e. The van der Waals surface area contributed by atoms with Gasteiger partial charge in [-0.25, -0.2) is 0 Å². The van der Waals surface area contributed by atoms with Gasteiger partial charge in [-0.3, -0.25) is 0 Å². The highest BCUT2D eigenvalue weighted by molar-refractivity contribution is 5.00. The first-order chi connectivity index (χ1) is 9.33. The van der Waals surface area contributed by atoms with Crippen LogP contribution in [0.4, 0.5) is 0 Å². The highest BCUT2D eigenvalue weighted by Crippen LogP contribution is 2.19. The molecule has 19 heavy (non-hydrogen) atoms. The van der Waals surface area contributed by atoms with Gasteiger partial charge in [0.2, 0.25) is 0 Å². The third kappa shape index (κ3) is 3.15. The summed E-state index contributed by atoms with van der Waals surface area (Å²) in [6.07, 6.45) is 5.91. The van der Waals surface area contributed by atoms with Gasteiger partial charge in [-0.15, -0.1) is 10.2 Å². The van der Waals surface area contributed by atoms with E-state index in [1.807, 2.05) is 0 Å². The van der Waals surface area contributed by atoms with Crippen molar-refractivity contribution in [1.29, 1.82) is 0 Å². The van der Waals surface area contributed by atoms with E-state index in [4.69, 9.17) is 4.74 Å². The molecule has 0 bridgehead atoms. The van der Waals surface area contributed by atoms with Crippen molar-refractivity contribution >= 4 is 0 Å². The summed E-state index contributed by atoms with van der Waals surface area (Å²) < 4.78 is 8.24. The molecule has 5 nitrogen and oxygen atoms in total. The lowest BCUT2D eigenvalue weighted by Crippen LogP contribution is -2.33. The number of ether oxygens (including phenoxy) is 1. The van der Waals surface area contributed by atoms with E-state index in [2.05, 4.69) is 27.0 Å². The molecule has 1 aromatic heterocycles. The zero-order chi connectivity index (χ0) is 13.1. The van der Waals surface area contributed by atoms with Crippen LogP contribution in [0, 0.1) is 5.92 Å². The highest BCUT2D eigenvalue weighted by atomic mass is 16.5. The van der Waals surface area contributed by atoms with Gasteiger partial charge >= 0.3 is 0 Å². The second kappa shape index (κ2) is 6.01. The summed E-state index contributed by atoms with van der Waals surface area (Å²) in [5.74, 6) is 3.02. The van der Waals surface area contributed by atoms with Gasteiger partial charge in [0.1, 0.15) is 11.6 Å². The number of hydrogen-bond acceptors (Lipinski definition) is 4. The van der Waals surface area contributed by atoms with Gasteiger partial charge in [-0.1, -0.05) is 6.92 Å². The quantitative estimate of drug-likeness (QED) is 0.887. The van der Waals surface area contributed by atoms with Crippen LogP contribution in [0.3, 0.4) is 0 Å². The van der Waals surface area contributed by atoms with Crippen molar-refractivity contribution in [2.75, 3.05) is 19.7 Å². The van der Waals surface area contributed by atoms with Crippen LogP contribution < -0.4 is 5.32 Å². The average molecular weight is 264 g/mol. The van der Waals surface area contributed by atoms with E-state index in [0.717, 1.165) is 69.5 Å². The molecule has 0 radical (unpaired) electrons. The van der Waals surface area contributed by atoms with Gasteiger partial charge < -0.3 is 14.6 Å². The van der Waals surface area contributed by atoms with Gasteiger partial charge in [-0.05, 0) is 38.3 Å². The Kier molecular flexibility index (Phi) is 4.13. The fourth-order valence-electron chi connectivity index (χ4n) is 3.01. The lowest BCUT2D eigenvalue weighted by Gasteiger charge is -2.23. The molecule has 0 spiro atoms. The van der Waals surface area contributed by atoms with Crippen molar-refractivity contribution in [3.63, 3.8) is 0 Å². The molecular weight excluding hydrogens is 240 g/mol. The Morgan fingerprint density at radius 2 is 2.11 bits per heavy atom. The monoisotopic (exact) mass is 264 g/mol. The molecule has 3 heterocycles. The lowest BCUT2D eigenvalue weighted by molar-refractivity contribution is 0.0338. The summed E-state index contributed by atoms with van der Waals surface area (Å²) in [4.78, 5) is 0. The minimum absolute atomic E-state index is 0.435. The SMILES string of the molecule is CC1CCn2c(CCOC3CCNCC3)nnc2C1. The number of rotatable bonds is 4. The molecule has 1 fully saturated rings. The summed E-state index contributed by atoms with van der Waals surface area (Å²) in [5.41, 5.74) is 0. The van der Waals surface area contributed by atoms with Crippen LogP contribution in [0.25, 0.3) is 0 Å². The van der Waals surface area contributed by atoms with Gasteiger partial charge in [0.15, 0.2) is 0 Å². The van der Waals surface area contributed by atoms with E-state index in [9.17, 15) is 0 Å². The van der Waals surface area contributed by atoms with E-state index >= 15 is 0 Å². The van der Waals surface area contributed by atoms with Crippen molar-refractivity contribution in [2.45, 2.75) is 51.7 Å². The summed E-state index contributed by atoms with van der Waals surface area (Å²) in [6, 6.07) is 0. The van der Waals surface area contributed by atoms with Crippen molar-refractivity contribution in [3.05, 3.63) is 11.6 Å². The fourth-order valence-corrected chi connectivity index (χ4v) is 3.01. The smallest absolute Gasteiger partial charge is 0.135 e. The molecule has 0 amide bonds. The Labute approximate surface area is 114 Å². The Morgan fingerprint density at radius 1 is 1.26 bits per heavy atom. The highest BCUT2D eigenvalue weighted by Gasteiger charge is 2.20.